The molecular weight excluding hydrogens is 836 g/mol. The number of alkyl halides is 5. The molecule has 0 spiro atoms. The SMILES string of the molecule is COC(=O)N[C@H](C(=O)C[C@@H](Cc1ccc(C#Cc2ccc(N3CCN(C4CCC4)CC3)nc2)cc1)[C@@H](O)CNCc1c(F)cc(-c2ccn(C(F)F)n2)cc1F)C(C)(C)C(F)(F)F. The van der Waals surface area contributed by atoms with Gasteiger partial charge in [0.1, 0.15) is 23.5 Å². The highest BCUT2D eigenvalue weighted by molar-refractivity contribution is 5.88. The van der Waals surface area contributed by atoms with E-state index in [2.05, 4.69) is 41.8 Å². The number of ether oxygens (including phenoxy) is 1. The molecule has 1 amide bonds. The Hall–Kier alpha value is -5.51. The van der Waals surface area contributed by atoms with Gasteiger partial charge in [0.15, 0.2) is 5.78 Å². The van der Waals surface area contributed by atoms with Gasteiger partial charge >= 0.3 is 18.8 Å². The highest BCUT2D eigenvalue weighted by Crippen LogP contribution is 2.41. The number of aromatic nitrogens is 3. The first-order valence-electron chi connectivity index (χ1n) is 20.6. The number of nitrogens with one attached hydrogen (secondary N) is 2. The number of hydrogen-bond acceptors (Lipinski definition) is 9. The van der Waals surface area contributed by atoms with Gasteiger partial charge in [0, 0.05) is 86.4 Å². The van der Waals surface area contributed by atoms with Crippen molar-refractivity contribution in [3.05, 3.63) is 101 Å². The summed E-state index contributed by atoms with van der Waals surface area (Å²) in [5, 5.41) is 19.8. The molecule has 2 aromatic heterocycles. The monoisotopic (exact) mass is 885 g/mol. The van der Waals surface area contributed by atoms with E-state index in [1.807, 2.05) is 17.4 Å². The number of anilines is 1. The number of methoxy groups -OCH3 is 1. The van der Waals surface area contributed by atoms with Gasteiger partial charge in [-0.05, 0) is 87.1 Å². The normalized spacial score (nSPS) is 16.5. The Morgan fingerprint density at radius 3 is 2.16 bits per heavy atom. The number of amides is 1. The molecule has 3 N–H and O–H groups in total. The van der Waals surface area contributed by atoms with Gasteiger partial charge in [0.25, 0.3) is 0 Å². The van der Waals surface area contributed by atoms with E-state index in [-0.39, 0.29) is 24.2 Å². The average Bonchev–Trinajstić information content (AvgIpc) is 3.74. The second kappa shape index (κ2) is 20.3. The van der Waals surface area contributed by atoms with Crippen LogP contribution in [0.2, 0.25) is 0 Å². The van der Waals surface area contributed by atoms with E-state index in [0.717, 1.165) is 77.3 Å². The summed E-state index contributed by atoms with van der Waals surface area (Å²) in [7, 11) is 0.940. The van der Waals surface area contributed by atoms with E-state index < -0.39 is 78.2 Å². The second-order valence-electron chi connectivity index (χ2n) is 16.5. The van der Waals surface area contributed by atoms with Gasteiger partial charge in [0.05, 0.1) is 24.3 Å². The van der Waals surface area contributed by atoms with Gasteiger partial charge in [-0.1, -0.05) is 30.4 Å². The van der Waals surface area contributed by atoms with Crippen molar-refractivity contribution in [1.82, 2.24) is 30.3 Å². The van der Waals surface area contributed by atoms with Crippen molar-refractivity contribution in [1.29, 1.82) is 0 Å². The molecule has 1 saturated heterocycles. The number of carbonyl (C=O) groups is 2. The molecule has 338 valence electrons. The Kier molecular flexibility index (Phi) is 15.2. The van der Waals surface area contributed by atoms with Crippen LogP contribution in [0.4, 0.5) is 41.3 Å². The van der Waals surface area contributed by atoms with E-state index in [0.29, 0.717) is 21.4 Å². The third-order valence-corrected chi connectivity index (χ3v) is 11.9. The van der Waals surface area contributed by atoms with Gasteiger partial charge < -0.3 is 25.4 Å². The molecular formula is C45H50F7N7O4. The number of ketones is 1. The van der Waals surface area contributed by atoms with Crippen LogP contribution in [-0.4, -0.2) is 101 Å². The number of hydrogen-bond donors (Lipinski definition) is 3. The van der Waals surface area contributed by atoms with Gasteiger partial charge in [-0.25, -0.2) is 23.2 Å². The molecule has 0 unspecified atom stereocenters. The molecule has 3 atom stereocenters. The molecule has 1 aliphatic carbocycles. The van der Waals surface area contributed by atoms with Gasteiger partial charge in [-0.2, -0.15) is 27.1 Å². The molecule has 4 aromatic rings. The maximum Gasteiger partial charge on any atom is 0.407 e. The lowest BCUT2D eigenvalue weighted by molar-refractivity contribution is -0.220. The number of alkyl carbamates (subject to hydrolysis) is 1. The lowest BCUT2D eigenvalue weighted by Gasteiger charge is -2.43. The lowest BCUT2D eigenvalue weighted by Crippen LogP contribution is -2.56. The fourth-order valence-electron chi connectivity index (χ4n) is 7.64. The van der Waals surface area contributed by atoms with E-state index >= 15 is 8.78 Å². The number of piperazine rings is 1. The molecule has 2 aromatic carbocycles. The summed E-state index contributed by atoms with van der Waals surface area (Å²) >= 11 is 0. The molecule has 3 heterocycles. The number of nitrogens with zero attached hydrogens (tertiary/aromatic N) is 5. The Bertz CT molecular complexity index is 2220. The van der Waals surface area contributed by atoms with E-state index in [4.69, 9.17) is 0 Å². The van der Waals surface area contributed by atoms with Crippen LogP contribution < -0.4 is 15.5 Å². The molecule has 11 nitrogen and oxygen atoms in total. The first-order chi connectivity index (χ1) is 29.9. The second-order valence-corrected chi connectivity index (χ2v) is 16.5. The third kappa shape index (κ3) is 11.7. The Balaban J connectivity index is 1.14. The van der Waals surface area contributed by atoms with Crippen LogP contribution in [0.5, 0.6) is 0 Å². The number of rotatable bonds is 16. The number of aliphatic hydroxyl groups is 1. The molecule has 2 aliphatic rings. The van der Waals surface area contributed by atoms with Crippen molar-refractivity contribution in [2.75, 3.05) is 44.7 Å². The smallest absolute Gasteiger partial charge is 0.407 e. The minimum Gasteiger partial charge on any atom is -0.453 e. The zero-order chi connectivity index (χ0) is 45.5. The fourth-order valence-corrected chi connectivity index (χ4v) is 7.64. The average molecular weight is 886 g/mol. The predicted octanol–water partition coefficient (Wildman–Crippen LogP) is 7.27. The highest BCUT2D eigenvalue weighted by atomic mass is 19.4. The number of carbonyl (C=O) groups excluding carboxylic acids is 2. The van der Waals surface area contributed by atoms with Crippen LogP contribution in [-0.2, 0) is 22.5 Å². The van der Waals surface area contributed by atoms with E-state index in [9.17, 15) is 36.6 Å². The maximum absolute atomic E-state index is 15.1. The largest absolute Gasteiger partial charge is 0.453 e. The highest BCUT2D eigenvalue weighted by Gasteiger charge is 2.55. The summed E-state index contributed by atoms with van der Waals surface area (Å²) in [6.45, 7) is 1.62. The number of aliphatic hydroxyl groups excluding tert-OH is 1. The van der Waals surface area contributed by atoms with Crippen LogP contribution in [0.1, 0.15) is 68.3 Å². The van der Waals surface area contributed by atoms with Gasteiger partial charge in [0.2, 0.25) is 0 Å². The standard InChI is InChI=1S/C45H50F7N7O4/c1-44(2,45(50,51)52)41(55-43(62)63-3)38(60)24-32(39(61)27-53-26-34-35(46)22-31(23-36(34)47)37-15-16-59(56-37)42(48)49)21-29-10-7-28(8-11-29)9-12-30-13-14-40(54-25-30)58-19-17-57(18-20-58)33-5-4-6-33/h7-8,10-11,13-16,22-23,25,32-33,39,41-42,53,61H,4-6,17-21,24,26-27H2,1-3H3,(H,55,62)/t32-,39+,41-/m1/s1. The van der Waals surface area contributed by atoms with Crippen molar-refractivity contribution in [3.8, 4) is 23.1 Å². The van der Waals surface area contributed by atoms with E-state index in [1.54, 1.807) is 30.5 Å². The van der Waals surface area contributed by atoms with E-state index in [1.165, 1.54) is 25.3 Å². The van der Waals surface area contributed by atoms with Crippen LogP contribution in [0, 0.1) is 34.8 Å². The summed E-state index contributed by atoms with van der Waals surface area (Å²) in [6, 6.07) is 12.4. The third-order valence-electron chi connectivity index (χ3n) is 11.9. The maximum atomic E-state index is 15.1. The summed E-state index contributed by atoms with van der Waals surface area (Å²) in [5.74, 6) is 2.94. The fraction of sp³-hybridized carbons (Fsp3) is 0.467. The van der Waals surface area contributed by atoms with Crippen molar-refractivity contribution >= 4 is 17.7 Å². The predicted molar refractivity (Wildman–Crippen MR) is 221 cm³/mol. The number of halogens is 7. The molecule has 0 bridgehead atoms. The van der Waals surface area contributed by atoms with Crippen molar-refractivity contribution < 1.29 is 50.2 Å². The number of Topliss-reactive ketones (excluding diaryl/α,β-unsaturated/α-hetero) is 1. The molecule has 0 radical (unpaired) electrons. The van der Waals surface area contributed by atoms with Crippen LogP contribution in [0.15, 0.2) is 67.0 Å². The summed E-state index contributed by atoms with van der Waals surface area (Å²) in [5.41, 5.74) is -1.43. The molecule has 1 saturated carbocycles. The van der Waals surface area contributed by atoms with Crippen LogP contribution in [0.3, 0.4) is 0 Å². The molecule has 18 heteroatoms. The molecule has 63 heavy (non-hydrogen) atoms. The first-order valence-corrected chi connectivity index (χ1v) is 20.6. The lowest BCUT2D eigenvalue weighted by atomic mass is 9.77. The topological polar surface area (TPSA) is 125 Å². The first kappa shape index (κ1) is 47.0. The quantitative estimate of drug-likeness (QED) is 0.0788. The van der Waals surface area contributed by atoms with Crippen molar-refractivity contribution in [3.63, 3.8) is 0 Å². The zero-order valence-electron chi connectivity index (χ0n) is 35.1. The summed E-state index contributed by atoms with van der Waals surface area (Å²) < 4.78 is 104. The molecule has 6 rings (SSSR count). The molecule has 1 aliphatic heterocycles. The van der Waals surface area contributed by atoms with Gasteiger partial charge in [-0.15, -0.1) is 0 Å². The molecule has 2 fully saturated rings. The summed E-state index contributed by atoms with van der Waals surface area (Å²) in [6.07, 6.45) is -1.76. The van der Waals surface area contributed by atoms with Crippen LogP contribution in [0.25, 0.3) is 11.3 Å². The van der Waals surface area contributed by atoms with Crippen molar-refractivity contribution in [2.24, 2.45) is 11.3 Å². The van der Waals surface area contributed by atoms with Crippen molar-refractivity contribution in [2.45, 2.75) is 83.4 Å². The minimum absolute atomic E-state index is 0.0251. The zero-order valence-corrected chi connectivity index (χ0v) is 35.1. The summed E-state index contributed by atoms with van der Waals surface area (Å²) in [4.78, 5) is 35.3. The Labute approximate surface area is 361 Å². The number of pyridine rings is 1. The van der Waals surface area contributed by atoms with Gasteiger partial charge in [-0.3, -0.25) is 9.69 Å². The Morgan fingerprint density at radius 2 is 1.60 bits per heavy atom. The number of benzene rings is 2. The van der Waals surface area contributed by atoms with Crippen LogP contribution >= 0.6 is 0 Å². The Morgan fingerprint density at radius 1 is 0.952 bits per heavy atom. The minimum atomic E-state index is -4.93.